The van der Waals surface area contributed by atoms with Gasteiger partial charge >= 0.3 is 0 Å². The highest BCUT2D eigenvalue weighted by molar-refractivity contribution is 5.95. The molecule has 1 aromatic rings. The molecule has 2 atom stereocenters. The van der Waals surface area contributed by atoms with Crippen LogP contribution in [0, 0.1) is 5.92 Å². The van der Waals surface area contributed by atoms with Crippen molar-refractivity contribution in [2.75, 3.05) is 13.1 Å². The normalized spacial score (nSPS) is 21.6. The summed E-state index contributed by atoms with van der Waals surface area (Å²) in [7, 11) is 0. The second-order valence-corrected chi connectivity index (χ2v) is 4.85. The van der Waals surface area contributed by atoms with Crippen LogP contribution >= 0.6 is 12.4 Å². The van der Waals surface area contributed by atoms with Crippen LogP contribution in [0.15, 0.2) is 18.3 Å². The molecule has 20 heavy (non-hydrogen) atoms. The van der Waals surface area contributed by atoms with Gasteiger partial charge < -0.3 is 16.4 Å². The van der Waals surface area contributed by atoms with Gasteiger partial charge in [0.15, 0.2) is 0 Å². The topological polar surface area (TPSA) is 97.1 Å². The summed E-state index contributed by atoms with van der Waals surface area (Å²) in [5.74, 6) is -0.371. The molecule has 0 saturated carbocycles. The molecule has 0 bridgehead atoms. The molecule has 2 unspecified atom stereocenters. The van der Waals surface area contributed by atoms with Crippen LogP contribution in [-0.2, 0) is 0 Å². The van der Waals surface area contributed by atoms with E-state index < -0.39 is 5.91 Å². The molecular weight excluding hydrogens is 280 g/mol. The summed E-state index contributed by atoms with van der Waals surface area (Å²) in [6, 6.07) is 3.18. The van der Waals surface area contributed by atoms with Gasteiger partial charge in [-0.05, 0) is 37.6 Å². The molecule has 2 heterocycles. The molecular formula is C13H19ClN4O2. The Balaban J connectivity index is 0.00000200. The number of rotatable bonds is 3. The highest BCUT2D eigenvalue weighted by atomic mass is 35.5. The molecule has 0 aromatic carbocycles. The summed E-state index contributed by atoms with van der Waals surface area (Å²) >= 11 is 0. The number of aromatic nitrogens is 1. The summed E-state index contributed by atoms with van der Waals surface area (Å²) in [6.07, 6.45) is 2.23. The van der Waals surface area contributed by atoms with E-state index >= 15 is 0 Å². The second-order valence-electron chi connectivity index (χ2n) is 4.85. The van der Waals surface area contributed by atoms with E-state index in [1.54, 1.807) is 0 Å². The van der Waals surface area contributed by atoms with Crippen LogP contribution in [0.5, 0.6) is 0 Å². The minimum atomic E-state index is -0.550. The molecule has 0 radical (unpaired) electrons. The number of halogens is 1. The third kappa shape index (κ3) is 3.91. The first-order valence-corrected chi connectivity index (χ1v) is 6.35. The van der Waals surface area contributed by atoms with Gasteiger partial charge in [-0.1, -0.05) is 6.92 Å². The quantitative estimate of drug-likeness (QED) is 0.749. The Hall–Kier alpha value is -1.66. The predicted octanol–water partition coefficient (Wildman–Crippen LogP) is 0.330. The fourth-order valence-electron chi connectivity index (χ4n) is 2.14. The summed E-state index contributed by atoms with van der Waals surface area (Å²) in [5, 5.41) is 6.26. The van der Waals surface area contributed by atoms with E-state index in [1.807, 2.05) is 0 Å². The van der Waals surface area contributed by atoms with Gasteiger partial charge in [-0.3, -0.25) is 14.6 Å². The largest absolute Gasteiger partial charge is 0.366 e. The summed E-state index contributed by atoms with van der Waals surface area (Å²) in [6.45, 7) is 3.91. The van der Waals surface area contributed by atoms with Crippen molar-refractivity contribution in [3.8, 4) is 0 Å². The lowest BCUT2D eigenvalue weighted by atomic mass is 9.95. The van der Waals surface area contributed by atoms with Crippen LogP contribution in [-0.4, -0.2) is 35.9 Å². The third-order valence-corrected chi connectivity index (χ3v) is 3.38. The maximum Gasteiger partial charge on any atom is 0.270 e. The van der Waals surface area contributed by atoms with Gasteiger partial charge in [0.25, 0.3) is 5.91 Å². The second kappa shape index (κ2) is 7.21. The number of primary amides is 1. The fourth-order valence-corrected chi connectivity index (χ4v) is 2.14. The van der Waals surface area contributed by atoms with Crippen LogP contribution in [0.3, 0.4) is 0 Å². The summed E-state index contributed by atoms with van der Waals surface area (Å²) in [5.41, 5.74) is 5.72. The molecule has 6 nitrogen and oxygen atoms in total. The molecule has 0 spiro atoms. The van der Waals surface area contributed by atoms with Crippen LogP contribution < -0.4 is 16.4 Å². The number of piperidine rings is 1. The summed E-state index contributed by atoms with van der Waals surface area (Å²) in [4.78, 5) is 26.9. The Morgan fingerprint density at radius 3 is 2.75 bits per heavy atom. The molecule has 2 amide bonds. The lowest BCUT2D eigenvalue weighted by molar-refractivity contribution is 0.0907. The van der Waals surface area contributed by atoms with Crippen LogP contribution in [0.2, 0.25) is 0 Å². The number of pyridine rings is 1. The maximum absolute atomic E-state index is 12.0. The Kier molecular flexibility index (Phi) is 5.91. The zero-order valence-electron chi connectivity index (χ0n) is 11.3. The molecule has 7 heteroatoms. The predicted molar refractivity (Wildman–Crippen MR) is 77.9 cm³/mol. The van der Waals surface area contributed by atoms with E-state index in [0.29, 0.717) is 17.2 Å². The first kappa shape index (κ1) is 16.4. The van der Waals surface area contributed by atoms with Crippen LogP contribution in [0.1, 0.15) is 34.2 Å². The number of carbonyl (C=O) groups excluding carboxylic acids is 2. The van der Waals surface area contributed by atoms with Crippen molar-refractivity contribution in [1.29, 1.82) is 0 Å². The van der Waals surface area contributed by atoms with Crippen LogP contribution in [0.4, 0.5) is 0 Å². The molecule has 1 saturated heterocycles. The van der Waals surface area contributed by atoms with Gasteiger partial charge in [0, 0.05) is 12.2 Å². The average molecular weight is 299 g/mol. The minimum Gasteiger partial charge on any atom is -0.366 e. The van der Waals surface area contributed by atoms with Gasteiger partial charge in [0.1, 0.15) is 5.69 Å². The summed E-state index contributed by atoms with van der Waals surface area (Å²) < 4.78 is 0. The van der Waals surface area contributed by atoms with E-state index in [-0.39, 0.29) is 24.4 Å². The van der Waals surface area contributed by atoms with E-state index in [2.05, 4.69) is 22.5 Å². The van der Waals surface area contributed by atoms with Crippen molar-refractivity contribution in [1.82, 2.24) is 15.6 Å². The third-order valence-electron chi connectivity index (χ3n) is 3.38. The van der Waals surface area contributed by atoms with E-state index in [4.69, 9.17) is 5.73 Å². The van der Waals surface area contributed by atoms with E-state index in [0.717, 1.165) is 19.5 Å². The molecule has 1 fully saturated rings. The molecule has 110 valence electrons. The number of hydrogen-bond acceptors (Lipinski definition) is 4. The highest BCUT2D eigenvalue weighted by Gasteiger charge is 2.23. The molecule has 1 aliphatic heterocycles. The fraction of sp³-hybridized carbons (Fsp3) is 0.462. The molecule has 2 rings (SSSR count). The molecule has 1 aliphatic rings. The number of nitrogens with zero attached hydrogens (tertiary/aromatic N) is 1. The van der Waals surface area contributed by atoms with Gasteiger partial charge in [0.05, 0.1) is 5.56 Å². The molecule has 4 N–H and O–H groups in total. The van der Waals surface area contributed by atoms with Crippen LogP contribution in [0.25, 0.3) is 0 Å². The van der Waals surface area contributed by atoms with E-state index in [1.165, 1.54) is 18.3 Å². The first-order chi connectivity index (χ1) is 9.08. The number of hydrogen-bond donors (Lipinski definition) is 3. The Morgan fingerprint density at radius 2 is 2.20 bits per heavy atom. The van der Waals surface area contributed by atoms with Crippen molar-refractivity contribution in [3.63, 3.8) is 0 Å². The smallest absolute Gasteiger partial charge is 0.270 e. The molecule has 1 aromatic heterocycles. The first-order valence-electron chi connectivity index (χ1n) is 6.35. The van der Waals surface area contributed by atoms with E-state index in [9.17, 15) is 9.59 Å². The van der Waals surface area contributed by atoms with Gasteiger partial charge in [0.2, 0.25) is 5.91 Å². The number of nitrogens with one attached hydrogen (secondary N) is 2. The van der Waals surface area contributed by atoms with Crippen molar-refractivity contribution in [3.05, 3.63) is 29.6 Å². The average Bonchev–Trinajstić information content (AvgIpc) is 2.41. The van der Waals surface area contributed by atoms with Gasteiger partial charge in [-0.2, -0.15) is 0 Å². The Labute approximate surface area is 123 Å². The lowest BCUT2D eigenvalue weighted by Gasteiger charge is -2.30. The van der Waals surface area contributed by atoms with Crippen molar-refractivity contribution in [2.45, 2.75) is 19.4 Å². The Bertz CT molecular complexity index is 478. The SMILES string of the molecule is CC1CNCCC1NC(=O)c1ccc(C(N)=O)cn1.Cl. The standard InChI is InChI=1S/C13H18N4O2.ClH/c1-8-6-15-5-4-10(8)17-13(19)11-3-2-9(7-16-11)12(14)18;/h2-3,7-8,10,15H,4-6H2,1H3,(H2,14,18)(H,17,19);1H. The zero-order valence-corrected chi connectivity index (χ0v) is 12.1. The monoisotopic (exact) mass is 298 g/mol. The van der Waals surface area contributed by atoms with Crippen molar-refractivity contribution >= 4 is 24.2 Å². The highest BCUT2D eigenvalue weighted by Crippen LogP contribution is 2.11. The van der Waals surface area contributed by atoms with Crippen molar-refractivity contribution < 1.29 is 9.59 Å². The minimum absolute atomic E-state index is 0. The lowest BCUT2D eigenvalue weighted by Crippen LogP contribution is -2.48. The zero-order chi connectivity index (χ0) is 13.8. The Morgan fingerprint density at radius 1 is 1.45 bits per heavy atom. The van der Waals surface area contributed by atoms with Gasteiger partial charge in [-0.15, -0.1) is 12.4 Å². The maximum atomic E-state index is 12.0. The van der Waals surface area contributed by atoms with Crippen molar-refractivity contribution in [2.24, 2.45) is 11.7 Å². The molecule has 0 aliphatic carbocycles. The number of carbonyl (C=O) groups is 2. The number of amides is 2. The number of nitrogens with two attached hydrogens (primary N) is 1. The van der Waals surface area contributed by atoms with Gasteiger partial charge in [-0.25, -0.2) is 0 Å².